The molecule has 2 N–H and O–H groups in total. The number of rotatable bonds is 3. The van der Waals surface area contributed by atoms with Crippen molar-refractivity contribution in [2.75, 3.05) is 11.9 Å². The fraction of sp³-hybridized carbons (Fsp3) is 0.500. The number of carbonyl (C=O) groups is 2. The smallest absolute Gasteiger partial charge is 0.319 e. The highest BCUT2D eigenvalue weighted by molar-refractivity contribution is 5.90. The summed E-state index contributed by atoms with van der Waals surface area (Å²) in [7, 11) is 0. The van der Waals surface area contributed by atoms with Gasteiger partial charge in [-0.15, -0.1) is 0 Å². The molecule has 3 amide bonds. The molecule has 1 saturated heterocycles. The van der Waals surface area contributed by atoms with E-state index in [0.29, 0.717) is 30.6 Å². The van der Waals surface area contributed by atoms with E-state index in [4.69, 9.17) is 0 Å². The molecule has 20 heavy (non-hydrogen) atoms. The largest absolute Gasteiger partial charge is 0.337 e. The normalized spacial score (nSPS) is 28.4. The number of nitrogens with one attached hydrogen (secondary N) is 2. The van der Waals surface area contributed by atoms with Crippen LogP contribution in [0.15, 0.2) is 24.5 Å². The molecule has 2 fully saturated rings. The van der Waals surface area contributed by atoms with Crippen molar-refractivity contribution in [3.8, 4) is 0 Å². The predicted molar refractivity (Wildman–Crippen MR) is 74.1 cm³/mol. The maximum Gasteiger partial charge on any atom is 0.319 e. The van der Waals surface area contributed by atoms with E-state index in [2.05, 4.69) is 22.5 Å². The lowest BCUT2D eigenvalue weighted by Gasteiger charge is -2.17. The van der Waals surface area contributed by atoms with Crippen molar-refractivity contribution in [2.45, 2.75) is 31.8 Å². The van der Waals surface area contributed by atoms with Crippen LogP contribution in [-0.2, 0) is 4.79 Å². The summed E-state index contributed by atoms with van der Waals surface area (Å²) in [5.74, 6) is 0.743. The molecule has 1 saturated carbocycles. The first-order valence-electron chi connectivity index (χ1n) is 6.90. The van der Waals surface area contributed by atoms with Crippen molar-refractivity contribution < 1.29 is 9.59 Å². The molecular weight excluding hydrogens is 256 g/mol. The quantitative estimate of drug-likeness (QED) is 0.870. The second-order valence-corrected chi connectivity index (χ2v) is 5.57. The molecule has 6 heteroatoms. The van der Waals surface area contributed by atoms with E-state index in [9.17, 15) is 9.59 Å². The summed E-state index contributed by atoms with van der Waals surface area (Å²) < 4.78 is 0. The van der Waals surface area contributed by atoms with E-state index < -0.39 is 0 Å². The van der Waals surface area contributed by atoms with Gasteiger partial charge < -0.3 is 15.5 Å². The van der Waals surface area contributed by atoms with Gasteiger partial charge in [0.15, 0.2) is 0 Å². The third kappa shape index (κ3) is 2.74. The van der Waals surface area contributed by atoms with Crippen LogP contribution >= 0.6 is 0 Å². The fourth-order valence-electron chi connectivity index (χ4n) is 2.67. The van der Waals surface area contributed by atoms with Crippen LogP contribution in [-0.4, -0.2) is 40.5 Å². The average Bonchev–Trinajstić information content (AvgIpc) is 3.02. The average molecular weight is 274 g/mol. The highest BCUT2D eigenvalue weighted by atomic mass is 16.2. The lowest BCUT2D eigenvalue weighted by atomic mass is 10.2. The Morgan fingerprint density at radius 3 is 2.95 bits per heavy atom. The molecule has 1 aliphatic carbocycles. The number of amides is 3. The summed E-state index contributed by atoms with van der Waals surface area (Å²) in [6, 6.07) is 3.51. The maximum atomic E-state index is 11.9. The van der Waals surface area contributed by atoms with E-state index in [0.717, 1.165) is 6.42 Å². The van der Waals surface area contributed by atoms with E-state index in [1.807, 2.05) is 4.90 Å². The van der Waals surface area contributed by atoms with Crippen molar-refractivity contribution in [2.24, 2.45) is 5.92 Å². The summed E-state index contributed by atoms with van der Waals surface area (Å²) in [6.45, 7) is 2.77. The van der Waals surface area contributed by atoms with Crippen LogP contribution in [0.25, 0.3) is 0 Å². The Balaban J connectivity index is 1.51. The monoisotopic (exact) mass is 274 g/mol. The van der Waals surface area contributed by atoms with Gasteiger partial charge in [0, 0.05) is 25.2 Å². The molecule has 3 atom stereocenters. The molecule has 6 nitrogen and oxygen atoms in total. The Kier molecular flexibility index (Phi) is 3.30. The van der Waals surface area contributed by atoms with Crippen LogP contribution in [0.2, 0.25) is 0 Å². The second kappa shape index (κ2) is 5.11. The third-order valence-electron chi connectivity index (χ3n) is 3.88. The molecule has 1 aromatic heterocycles. The van der Waals surface area contributed by atoms with Crippen LogP contribution < -0.4 is 10.6 Å². The van der Waals surface area contributed by atoms with Gasteiger partial charge in [-0.3, -0.25) is 9.78 Å². The highest BCUT2D eigenvalue weighted by Gasteiger charge is 2.44. The SMILES string of the molecule is C[C@@H]1C[C@@H]1N1C[C@@H](NC(=O)Nc2cccnc2)CC1=O. The molecular formula is C14H18N4O2. The summed E-state index contributed by atoms with van der Waals surface area (Å²) in [5.41, 5.74) is 0.641. The fourth-order valence-corrected chi connectivity index (χ4v) is 2.67. The minimum absolute atomic E-state index is 0.105. The molecule has 0 spiro atoms. The number of pyridine rings is 1. The summed E-state index contributed by atoms with van der Waals surface area (Å²) in [6.07, 6.45) is 4.70. The molecule has 106 valence electrons. The van der Waals surface area contributed by atoms with Crippen LogP contribution in [0.5, 0.6) is 0 Å². The number of urea groups is 1. The van der Waals surface area contributed by atoms with Crippen molar-refractivity contribution in [1.29, 1.82) is 0 Å². The second-order valence-electron chi connectivity index (χ2n) is 5.57. The Morgan fingerprint density at radius 2 is 2.30 bits per heavy atom. The molecule has 2 aliphatic rings. The molecule has 1 aromatic rings. The van der Waals surface area contributed by atoms with Crippen LogP contribution in [0.4, 0.5) is 10.5 Å². The van der Waals surface area contributed by atoms with Gasteiger partial charge in [0.05, 0.1) is 17.9 Å². The Bertz CT molecular complexity index is 519. The van der Waals surface area contributed by atoms with Crippen LogP contribution in [0.1, 0.15) is 19.8 Å². The summed E-state index contributed by atoms with van der Waals surface area (Å²) in [4.78, 5) is 29.6. The van der Waals surface area contributed by atoms with E-state index in [1.165, 1.54) is 0 Å². The Hall–Kier alpha value is -2.11. The maximum absolute atomic E-state index is 11.9. The highest BCUT2D eigenvalue weighted by Crippen LogP contribution is 2.37. The van der Waals surface area contributed by atoms with Gasteiger partial charge in [-0.25, -0.2) is 4.79 Å². The zero-order chi connectivity index (χ0) is 14.1. The minimum Gasteiger partial charge on any atom is -0.337 e. The Labute approximate surface area is 117 Å². The third-order valence-corrected chi connectivity index (χ3v) is 3.88. The van der Waals surface area contributed by atoms with Crippen LogP contribution in [0, 0.1) is 5.92 Å². The first kappa shape index (κ1) is 12.9. The number of likely N-dealkylation sites (tertiary alicyclic amines) is 1. The number of hydrogen-bond acceptors (Lipinski definition) is 3. The zero-order valence-corrected chi connectivity index (χ0v) is 11.4. The molecule has 0 unspecified atom stereocenters. The van der Waals surface area contributed by atoms with Gasteiger partial charge in [-0.2, -0.15) is 0 Å². The van der Waals surface area contributed by atoms with Gasteiger partial charge in [0.1, 0.15) is 0 Å². The molecule has 2 heterocycles. The predicted octanol–water partition coefficient (Wildman–Crippen LogP) is 1.21. The van der Waals surface area contributed by atoms with Gasteiger partial charge in [-0.05, 0) is 24.5 Å². The lowest BCUT2D eigenvalue weighted by Crippen LogP contribution is -2.40. The first-order valence-corrected chi connectivity index (χ1v) is 6.90. The topological polar surface area (TPSA) is 74.3 Å². The number of hydrogen-bond donors (Lipinski definition) is 2. The molecule has 0 radical (unpaired) electrons. The van der Waals surface area contributed by atoms with Gasteiger partial charge in [0.2, 0.25) is 5.91 Å². The van der Waals surface area contributed by atoms with E-state index >= 15 is 0 Å². The van der Waals surface area contributed by atoms with Crippen molar-refractivity contribution >= 4 is 17.6 Å². The first-order chi connectivity index (χ1) is 9.63. The van der Waals surface area contributed by atoms with E-state index in [1.54, 1.807) is 24.5 Å². The standard InChI is InChI=1S/C14H18N4O2/c1-9-5-12(9)18-8-11(6-13(18)19)17-14(20)16-10-3-2-4-15-7-10/h2-4,7,9,11-12H,5-6,8H2,1H3,(H2,16,17,20)/t9-,11+,12+/m1/s1. The van der Waals surface area contributed by atoms with Crippen molar-refractivity contribution in [1.82, 2.24) is 15.2 Å². The summed E-state index contributed by atoms with van der Waals surface area (Å²) in [5, 5.41) is 5.55. The van der Waals surface area contributed by atoms with Crippen molar-refractivity contribution in [3.05, 3.63) is 24.5 Å². The van der Waals surface area contributed by atoms with Gasteiger partial charge in [-0.1, -0.05) is 6.92 Å². The Morgan fingerprint density at radius 1 is 1.50 bits per heavy atom. The molecule has 0 bridgehead atoms. The lowest BCUT2D eigenvalue weighted by molar-refractivity contribution is -0.128. The van der Waals surface area contributed by atoms with Crippen LogP contribution in [0.3, 0.4) is 0 Å². The van der Waals surface area contributed by atoms with E-state index in [-0.39, 0.29) is 18.0 Å². The van der Waals surface area contributed by atoms with Crippen molar-refractivity contribution in [3.63, 3.8) is 0 Å². The molecule has 0 aromatic carbocycles. The van der Waals surface area contributed by atoms with Gasteiger partial charge in [0.25, 0.3) is 0 Å². The number of carbonyl (C=O) groups excluding carboxylic acids is 2. The molecule has 1 aliphatic heterocycles. The summed E-state index contributed by atoms with van der Waals surface area (Å²) >= 11 is 0. The number of aromatic nitrogens is 1. The molecule has 3 rings (SSSR count). The number of anilines is 1. The zero-order valence-electron chi connectivity index (χ0n) is 11.4. The van der Waals surface area contributed by atoms with Gasteiger partial charge >= 0.3 is 6.03 Å². The minimum atomic E-state index is -0.290. The number of nitrogens with zero attached hydrogens (tertiary/aromatic N) is 2.